The molecule has 1 aromatic rings. The smallest absolute Gasteiger partial charge is 0.0992 e. The Morgan fingerprint density at radius 2 is 2.26 bits per heavy atom. The van der Waals surface area contributed by atoms with Crippen molar-refractivity contribution < 1.29 is 0 Å². The lowest BCUT2D eigenvalue weighted by atomic mass is 9.83. The molecule has 3 heteroatoms. The second kappa shape index (κ2) is 5.63. The summed E-state index contributed by atoms with van der Waals surface area (Å²) in [6, 6.07) is 10.1. The first kappa shape index (κ1) is 13.9. The van der Waals surface area contributed by atoms with Gasteiger partial charge in [0.1, 0.15) is 0 Å². The minimum Gasteiger partial charge on any atom is -0.366 e. The van der Waals surface area contributed by atoms with Crippen LogP contribution < -0.4 is 10.6 Å². The van der Waals surface area contributed by atoms with E-state index < -0.39 is 0 Å². The van der Waals surface area contributed by atoms with Crippen LogP contribution in [0, 0.1) is 17.2 Å². The van der Waals surface area contributed by atoms with Gasteiger partial charge >= 0.3 is 0 Å². The van der Waals surface area contributed by atoms with E-state index >= 15 is 0 Å². The van der Waals surface area contributed by atoms with E-state index in [0.29, 0.717) is 5.92 Å². The first-order valence-electron chi connectivity index (χ1n) is 7.04. The molecule has 0 aromatic heterocycles. The van der Waals surface area contributed by atoms with Crippen molar-refractivity contribution in [1.29, 1.82) is 5.26 Å². The Bertz CT molecular complexity index is 473. The van der Waals surface area contributed by atoms with Gasteiger partial charge in [0, 0.05) is 17.8 Å². The number of nitriles is 1. The van der Waals surface area contributed by atoms with Crippen molar-refractivity contribution in [3.63, 3.8) is 0 Å². The van der Waals surface area contributed by atoms with Gasteiger partial charge in [-0.25, -0.2) is 0 Å². The average Bonchev–Trinajstić information content (AvgIpc) is 2.41. The lowest BCUT2D eigenvalue weighted by Gasteiger charge is -2.47. The molecule has 1 aliphatic rings. The van der Waals surface area contributed by atoms with Gasteiger partial charge in [-0.3, -0.25) is 0 Å². The molecule has 0 saturated carbocycles. The van der Waals surface area contributed by atoms with Crippen molar-refractivity contribution in [2.24, 2.45) is 11.7 Å². The van der Waals surface area contributed by atoms with Gasteiger partial charge in [0.15, 0.2) is 0 Å². The quantitative estimate of drug-likeness (QED) is 0.906. The lowest BCUT2D eigenvalue weighted by Crippen LogP contribution is -2.51. The summed E-state index contributed by atoms with van der Waals surface area (Å²) in [4.78, 5) is 2.44. The predicted octanol–water partition coefficient (Wildman–Crippen LogP) is 2.90. The molecular formula is C16H23N3. The molecule has 0 spiro atoms. The molecule has 0 radical (unpaired) electrons. The van der Waals surface area contributed by atoms with Crippen LogP contribution in [0.15, 0.2) is 24.3 Å². The molecule has 0 bridgehead atoms. The van der Waals surface area contributed by atoms with E-state index in [2.05, 4.69) is 30.9 Å². The highest BCUT2D eigenvalue weighted by Crippen LogP contribution is 2.35. The number of nitrogens with zero attached hydrogens (tertiary/aromatic N) is 2. The summed E-state index contributed by atoms with van der Waals surface area (Å²) in [6.07, 6.45) is 3.51. The molecule has 2 rings (SSSR count). The maximum atomic E-state index is 9.04. The number of piperidine rings is 1. The predicted molar refractivity (Wildman–Crippen MR) is 79.0 cm³/mol. The topological polar surface area (TPSA) is 53.0 Å². The molecule has 1 unspecified atom stereocenters. The molecule has 1 heterocycles. The number of hydrogen-bond acceptors (Lipinski definition) is 3. The fraction of sp³-hybridized carbons (Fsp3) is 0.562. The monoisotopic (exact) mass is 257 g/mol. The summed E-state index contributed by atoms with van der Waals surface area (Å²) >= 11 is 0. The van der Waals surface area contributed by atoms with Crippen molar-refractivity contribution in [2.75, 3.05) is 18.0 Å². The van der Waals surface area contributed by atoms with Crippen molar-refractivity contribution in [3.8, 4) is 6.07 Å². The van der Waals surface area contributed by atoms with Crippen molar-refractivity contribution in [3.05, 3.63) is 29.8 Å². The highest BCUT2D eigenvalue weighted by atomic mass is 15.2. The molecule has 1 fully saturated rings. The van der Waals surface area contributed by atoms with Gasteiger partial charge in [0.2, 0.25) is 0 Å². The summed E-state index contributed by atoms with van der Waals surface area (Å²) in [6.45, 7) is 6.37. The van der Waals surface area contributed by atoms with Crippen LogP contribution in [-0.2, 0) is 0 Å². The van der Waals surface area contributed by atoms with Gasteiger partial charge in [0.05, 0.1) is 11.6 Å². The molecule has 3 nitrogen and oxygen atoms in total. The average molecular weight is 257 g/mol. The van der Waals surface area contributed by atoms with E-state index in [9.17, 15) is 0 Å². The third-order valence-corrected chi connectivity index (χ3v) is 4.20. The fourth-order valence-corrected chi connectivity index (χ4v) is 2.96. The Balaban J connectivity index is 2.25. The van der Waals surface area contributed by atoms with E-state index in [0.717, 1.165) is 30.8 Å². The highest BCUT2D eigenvalue weighted by Gasteiger charge is 2.33. The number of benzene rings is 1. The maximum Gasteiger partial charge on any atom is 0.0992 e. The lowest BCUT2D eigenvalue weighted by molar-refractivity contribution is 0.282. The number of hydrogen-bond donors (Lipinski definition) is 1. The maximum absolute atomic E-state index is 9.04. The van der Waals surface area contributed by atoms with Crippen LogP contribution in [0.3, 0.4) is 0 Å². The van der Waals surface area contributed by atoms with Gasteiger partial charge in [0.25, 0.3) is 0 Å². The molecular weight excluding hydrogens is 234 g/mol. The third-order valence-electron chi connectivity index (χ3n) is 4.20. The normalized spacial score (nSPS) is 22.0. The molecule has 1 aromatic carbocycles. The van der Waals surface area contributed by atoms with E-state index in [4.69, 9.17) is 11.0 Å². The van der Waals surface area contributed by atoms with E-state index in [1.165, 1.54) is 12.8 Å². The molecule has 1 saturated heterocycles. The van der Waals surface area contributed by atoms with Crippen LogP contribution in [0.2, 0.25) is 0 Å². The number of nitrogens with two attached hydrogens (primary N) is 1. The van der Waals surface area contributed by atoms with Gasteiger partial charge in [-0.2, -0.15) is 5.26 Å². The Morgan fingerprint density at radius 3 is 2.95 bits per heavy atom. The van der Waals surface area contributed by atoms with Crippen LogP contribution >= 0.6 is 0 Å². The molecule has 1 atom stereocenters. The van der Waals surface area contributed by atoms with Crippen LogP contribution in [0.5, 0.6) is 0 Å². The standard InChI is InChI=1S/C16H23N3/c1-16(2)8-6-13(7-9-17)12-19(16)15-5-3-4-14(10-15)11-18/h3-5,10,13H,6-9,12,17H2,1-2H3. The number of anilines is 1. The highest BCUT2D eigenvalue weighted by molar-refractivity contribution is 5.53. The first-order valence-corrected chi connectivity index (χ1v) is 7.04. The molecule has 19 heavy (non-hydrogen) atoms. The zero-order valence-corrected chi connectivity index (χ0v) is 11.9. The largest absolute Gasteiger partial charge is 0.366 e. The van der Waals surface area contributed by atoms with Crippen molar-refractivity contribution >= 4 is 5.69 Å². The first-order chi connectivity index (χ1) is 9.06. The van der Waals surface area contributed by atoms with Crippen LogP contribution in [0.25, 0.3) is 0 Å². The van der Waals surface area contributed by atoms with Crippen LogP contribution in [0.1, 0.15) is 38.7 Å². The fourth-order valence-electron chi connectivity index (χ4n) is 2.96. The molecule has 2 N–H and O–H groups in total. The zero-order valence-electron chi connectivity index (χ0n) is 11.9. The Hall–Kier alpha value is -1.53. The molecule has 102 valence electrons. The Kier molecular flexibility index (Phi) is 4.11. The van der Waals surface area contributed by atoms with Gasteiger partial charge in [-0.05, 0) is 63.8 Å². The minimum absolute atomic E-state index is 0.152. The Labute approximate surface area is 116 Å². The van der Waals surface area contributed by atoms with Gasteiger partial charge < -0.3 is 10.6 Å². The third kappa shape index (κ3) is 3.08. The Morgan fingerprint density at radius 1 is 1.47 bits per heavy atom. The summed E-state index contributed by atoms with van der Waals surface area (Å²) in [5, 5.41) is 9.04. The van der Waals surface area contributed by atoms with Crippen molar-refractivity contribution in [2.45, 2.75) is 38.6 Å². The second-order valence-corrected chi connectivity index (χ2v) is 6.07. The van der Waals surface area contributed by atoms with E-state index in [1.807, 2.05) is 18.2 Å². The summed E-state index contributed by atoms with van der Waals surface area (Å²) in [7, 11) is 0. The summed E-state index contributed by atoms with van der Waals surface area (Å²) < 4.78 is 0. The summed E-state index contributed by atoms with van der Waals surface area (Å²) in [5.74, 6) is 0.670. The second-order valence-electron chi connectivity index (χ2n) is 6.07. The van der Waals surface area contributed by atoms with Gasteiger partial charge in [-0.15, -0.1) is 0 Å². The van der Waals surface area contributed by atoms with Crippen LogP contribution in [0.4, 0.5) is 5.69 Å². The minimum atomic E-state index is 0.152. The molecule has 0 aliphatic carbocycles. The van der Waals surface area contributed by atoms with Gasteiger partial charge in [-0.1, -0.05) is 6.07 Å². The van der Waals surface area contributed by atoms with Crippen molar-refractivity contribution in [1.82, 2.24) is 0 Å². The molecule has 0 amide bonds. The van der Waals surface area contributed by atoms with E-state index in [1.54, 1.807) is 0 Å². The van der Waals surface area contributed by atoms with E-state index in [-0.39, 0.29) is 5.54 Å². The zero-order chi connectivity index (χ0) is 13.9. The SMILES string of the molecule is CC1(C)CCC(CCN)CN1c1cccc(C#N)c1. The number of rotatable bonds is 3. The summed E-state index contributed by atoms with van der Waals surface area (Å²) in [5.41, 5.74) is 7.74. The molecule has 1 aliphatic heterocycles. The van der Waals surface area contributed by atoms with Crippen LogP contribution in [-0.4, -0.2) is 18.6 Å².